The Hall–Kier alpha value is -2.14. The van der Waals surface area contributed by atoms with E-state index in [2.05, 4.69) is 55.6 Å². The summed E-state index contributed by atoms with van der Waals surface area (Å²) in [5.74, 6) is -0.185. The van der Waals surface area contributed by atoms with Gasteiger partial charge in [0.25, 0.3) is 0 Å². The minimum atomic E-state index is -2.00. The molecular weight excluding hydrogens is 681 g/mol. The van der Waals surface area contributed by atoms with Gasteiger partial charge in [0.1, 0.15) is 0 Å². The van der Waals surface area contributed by atoms with Crippen molar-refractivity contribution in [3.8, 4) is 0 Å². The van der Waals surface area contributed by atoms with Crippen LogP contribution in [0, 0.1) is 22.7 Å². The summed E-state index contributed by atoms with van der Waals surface area (Å²) in [5.41, 5.74) is -1.62. The highest BCUT2D eigenvalue weighted by Crippen LogP contribution is 2.73. The number of ketones is 1. The molecule has 6 nitrogen and oxygen atoms in total. The first-order chi connectivity index (χ1) is 22.9. The smallest absolute Gasteiger partial charge is 0.225 e. The normalized spacial score (nSPS) is 37.4. The van der Waals surface area contributed by atoms with Crippen LogP contribution in [0.2, 0.25) is 0 Å². The first kappa shape index (κ1) is 36.6. The molecule has 0 spiro atoms. The van der Waals surface area contributed by atoms with Crippen LogP contribution in [0.15, 0.2) is 77.2 Å². The van der Waals surface area contributed by atoms with Crippen LogP contribution in [0.3, 0.4) is 0 Å². The van der Waals surface area contributed by atoms with Gasteiger partial charge < -0.3 is 19.9 Å². The van der Waals surface area contributed by atoms with Crippen LogP contribution >= 0.6 is 35.1 Å². The van der Waals surface area contributed by atoms with Crippen molar-refractivity contribution < 1.29 is 28.6 Å². The van der Waals surface area contributed by atoms with E-state index in [9.17, 15) is 14.7 Å². The summed E-state index contributed by atoms with van der Waals surface area (Å²) in [4.78, 5) is 27.5. The molecule has 3 saturated carbocycles. The van der Waals surface area contributed by atoms with E-state index in [1.807, 2.05) is 19.1 Å². The predicted octanol–water partition coefficient (Wildman–Crippen LogP) is 9.02. The minimum Gasteiger partial charge on any atom is -0.390 e. The van der Waals surface area contributed by atoms with Gasteiger partial charge in [-0.1, -0.05) is 62.0 Å². The molecule has 4 fully saturated rings. The van der Waals surface area contributed by atoms with E-state index in [1.165, 1.54) is 17.0 Å². The maximum Gasteiger partial charge on any atom is 0.225 e. The zero-order chi connectivity index (χ0) is 34.1. The Bertz CT molecular complexity index is 1650. The molecule has 2 aromatic carbocycles. The second-order valence-electron chi connectivity index (χ2n) is 14.7. The largest absolute Gasteiger partial charge is 0.390 e. The average Bonchev–Trinajstić information content (AvgIpc) is 3.55. The molecule has 1 aliphatic heterocycles. The van der Waals surface area contributed by atoms with Crippen LogP contribution in [-0.4, -0.2) is 50.7 Å². The van der Waals surface area contributed by atoms with Crippen molar-refractivity contribution in [2.75, 3.05) is 10.5 Å². The monoisotopic (exact) mass is 727 g/mol. The quantitative estimate of drug-likeness (QED) is 0.206. The molecule has 2 N–H and O–H groups in total. The molecule has 0 amide bonds. The first-order valence-corrected chi connectivity index (χ1v) is 19.3. The molecule has 0 radical (unpaired) electrons. The molecule has 264 valence electrons. The van der Waals surface area contributed by atoms with Gasteiger partial charge in [0.05, 0.1) is 17.4 Å². The maximum atomic E-state index is 17.7. The van der Waals surface area contributed by atoms with Gasteiger partial charge in [-0.25, -0.2) is 4.39 Å². The fraction of sp³-hybridized carbons (Fsp3) is 0.538. The summed E-state index contributed by atoms with van der Waals surface area (Å²) in [6.45, 7) is 8.00. The molecular formula is C39H47ClFNO5S2. The molecule has 0 bridgehead atoms. The summed E-state index contributed by atoms with van der Waals surface area (Å²) in [5, 5.41) is 15.0. The summed E-state index contributed by atoms with van der Waals surface area (Å²) < 4.78 is 31.1. The van der Waals surface area contributed by atoms with Gasteiger partial charge >= 0.3 is 0 Å². The number of carbonyl (C=O) groups excluding carboxylic acids is 2. The number of ether oxygens (including phenoxy) is 2. The molecule has 49 heavy (non-hydrogen) atoms. The third kappa shape index (κ3) is 5.66. The number of rotatable bonds is 8. The Morgan fingerprint density at radius 2 is 1.84 bits per heavy atom. The SMILES string of the molecule is C.CC(C)Nc1ccc(SCc2ccc([C@@H]3O[C@@H]4C[C@H]5[C@@H]6CCC7=CC(=O)C=C[C@]7(C)[C@@]6(F)[C@@H](O)C[C@]5(C)[C@]4(C(=O)SCCl)O3)cc2)cc1. The van der Waals surface area contributed by atoms with E-state index in [0.717, 1.165) is 39.9 Å². The van der Waals surface area contributed by atoms with E-state index in [-0.39, 0.29) is 35.9 Å². The average molecular weight is 728 g/mol. The van der Waals surface area contributed by atoms with Gasteiger partial charge in [-0.05, 0) is 94.4 Å². The summed E-state index contributed by atoms with van der Waals surface area (Å²) in [6.07, 6.45) is 3.32. The van der Waals surface area contributed by atoms with E-state index in [0.29, 0.717) is 25.3 Å². The van der Waals surface area contributed by atoms with Crippen molar-refractivity contribution in [3.05, 3.63) is 83.5 Å². The standard InChI is InChI=1S/C38H43ClFNO5S2.CH4/c1-22(2)41-26-10-12-28(13-11-26)47-20-23-5-7-24(8-6-23)33-45-32-18-30-29-14-9-25-17-27(42)15-16-35(25,3)37(29,40)31(43)19-36(30,4)38(32,46-33)34(44)48-21-39;/h5-8,10-13,15-17,22,29-33,41,43H,9,14,18-21H2,1-4H3;1H4/t29-,30-,31-,32+,33+,35-,36-,37-,38-;/m0./s1. The van der Waals surface area contributed by atoms with Crippen LogP contribution in [0.25, 0.3) is 0 Å². The minimum absolute atomic E-state index is 0. The molecule has 0 unspecified atom stereocenters. The lowest BCUT2D eigenvalue weighted by Crippen LogP contribution is -2.69. The van der Waals surface area contributed by atoms with Crippen LogP contribution in [0.4, 0.5) is 10.1 Å². The van der Waals surface area contributed by atoms with Crippen LogP contribution in [0.5, 0.6) is 0 Å². The van der Waals surface area contributed by atoms with Gasteiger partial charge in [0.15, 0.2) is 23.3 Å². The lowest BCUT2D eigenvalue weighted by molar-refractivity contribution is -0.228. The fourth-order valence-electron chi connectivity index (χ4n) is 9.53. The number of fused-ring (bicyclic) bond motifs is 7. The van der Waals surface area contributed by atoms with E-state index in [4.69, 9.17) is 21.1 Å². The molecule has 1 heterocycles. The van der Waals surface area contributed by atoms with Gasteiger partial charge in [-0.2, -0.15) is 0 Å². The van der Waals surface area contributed by atoms with Crippen molar-refractivity contribution >= 4 is 51.7 Å². The Morgan fingerprint density at radius 3 is 2.51 bits per heavy atom. The molecule has 1 saturated heterocycles. The number of benzene rings is 2. The number of thioether (sulfide) groups is 2. The third-order valence-electron chi connectivity index (χ3n) is 11.8. The van der Waals surface area contributed by atoms with Crippen molar-refractivity contribution in [3.63, 3.8) is 0 Å². The number of alkyl halides is 2. The van der Waals surface area contributed by atoms with Crippen LogP contribution in [-0.2, 0) is 24.8 Å². The molecule has 4 aliphatic carbocycles. The number of carbonyl (C=O) groups is 2. The van der Waals surface area contributed by atoms with E-state index >= 15 is 4.39 Å². The molecule has 7 rings (SSSR count). The third-order valence-corrected chi connectivity index (χ3v) is 13.9. The number of halogens is 2. The first-order valence-electron chi connectivity index (χ1n) is 16.8. The van der Waals surface area contributed by atoms with Crippen molar-refractivity contribution in [2.24, 2.45) is 22.7 Å². The number of nitrogens with one attached hydrogen (secondary N) is 1. The Kier molecular flexibility index (Phi) is 10.1. The number of hydrogen-bond acceptors (Lipinski definition) is 8. The Morgan fingerprint density at radius 1 is 1.12 bits per heavy atom. The molecule has 2 aromatic rings. The number of hydrogen-bond donors (Lipinski definition) is 2. The molecule has 10 heteroatoms. The van der Waals surface area contributed by atoms with Gasteiger partial charge in [0.2, 0.25) is 5.12 Å². The lowest BCUT2D eigenvalue weighted by Gasteiger charge is -2.62. The zero-order valence-electron chi connectivity index (χ0n) is 27.7. The molecule has 5 aliphatic rings. The summed E-state index contributed by atoms with van der Waals surface area (Å²) in [7, 11) is 0. The lowest BCUT2D eigenvalue weighted by atomic mass is 9.45. The van der Waals surface area contributed by atoms with E-state index in [1.54, 1.807) is 24.8 Å². The van der Waals surface area contributed by atoms with Crippen molar-refractivity contribution in [1.29, 1.82) is 0 Å². The van der Waals surface area contributed by atoms with Crippen molar-refractivity contribution in [2.45, 2.75) is 107 Å². The van der Waals surface area contributed by atoms with Crippen molar-refractivity contribution in [1.82, 2.24) is 0 Å². The van der Waals surface area contributed by atoms with Gasteiger partial charge in [-0.15, -0.1) is 23.4 Å². The maximum absolute atomic E-state index is 17.7. The second-order valence-corrected chi connectivity index (χ2v) is 17.3. The molecule has 0 aromatic heterocycles. The molecule has 9 atom stereocenters. The summed E-state index contributed by atoms with van der Waals surface area (Å²) >= 11 is 8.86. The zero-order valence-corrected chi connectivity index (χ0v) is 30.1. The van der Waals surface area contributed by atoms with Gasteiger partial charge in [-0.3, -0.25) is 9.59 Å². The highest BCUT2D eigenvalue weighted by molar-refractivity contribution is 8.14. The highest BCUT2D eigenvalue weighted by Gasteiger charge is 2.79. The Balaban J connectivity index is 0.00000417. The van der Waals surface area contributed by atoms with Gasteiger partial charge in [0, 0.05) is 44.7 Å². The van der Waals surface area contributed by atoms with Crippen LogP contribution < -0.4 is 5.32 Å². The highest BCUT2D eigenvalue weighted by atomic mass is 35.5. The number of allylic oxidation sites excluding steroid dienone is 4. The number of anilines is 1. The van der Waals surface area contributed by atoms with Crippen LogP contribution in [0.1, 0.15) is 78.2 Å². The second kappa shape index (κ2) is 13.4. The summed E-state index contributed by atoms with van der Waals surface area (Å²) in [6, 6.07) is 16.9. The topological polar surface area (TPSA) is 84.9 Å². The number of aliphatic hydroxyl groups excluding tert-OH is 1. The number of aliphatic hydroxyl groups is 1. The Labute approximate surface area is 303 Å². The fourth-order valence-corrected chi connectivity index (χ4v) is 11.4. The predicted molar refractivity (Wildman–Crippen MR) is 196 cm³/mol. The van der Waals surface area contributed by atoms with E-state index < -0.39 is 46.5 Å².